The monoisotopic (exact) mass is 417 g/mol. The Morgan fingerprint density at radius 3 is 1.93 bits per heavy atom. The first-order valence-corrected chi connectivity index (χ1v) is 9.30. The molecule has 166 valence electrons. The normalized spacial score (nSPS) is 14.8. The fourth-order valence-corrected chi connectivity index (χ4v) is 2.23. The molecule has 3 amide bonds. The number of hydrogen-bond acceptors (Lipinski definition) is 7. The van der Waals surface area contributed by atoms with E-state index < -0.39 is 53.8 Å². The lowest BCUT2D eigenvalue weighted by Crippen LogP contribution is -2.56. The maximum atomic E-state index is 12.4. The summed E-state index contributed by atoms with van der Waals surface area (Å²) in [7, 11) is 0. The van der Waals surface area contributed by atoms with Crippen LogP contribution in [0.1, 0.15) is 46.0 Å². The number of nitrogens with one attached hydrogen (secondary N) is 3. The second-order valence-electron chi connectivity index (χ2n) is 6.68. The van der Waals surface area contributed by atoms with Gasteiger partial charge in [0.15, 0.2) is 0 Å². The fourth-order valence-electron chi connectivity index (χ4n) is 2.23. The molecule has 0 rings (SSSR count). The van der Waals surface area contributed by atoms with Crippen LogP contribution in [-0.4, -0.2) is 70.6 Å². The number of amides is 3. The molecule has 0 aromatic rings. The van der Waals surface area contributed by atoms with Crippen molar-refractivity contribution < 1.29 is 34.2 Å². The van der Waals surface area contributed by atoms with Crippen LogP contribution in [-0.2, 0) is 24.0 Å². The Bertz CT molecular complexity index is 599. The van der Waals surface area contributed by atoms with Crippen molar-refractivity contribution in [3.8, 4) is 0 Å². The third kappa shape index (κ3) is 11.0. The van der Waals surface area contributed by atoms with Gasteiger partial charge in [0, 0.05) is 6.42 Å². The molecule has 0 aromatic heterocycles. The predicted octanol–water partition coefficient (Wildman–Crippen LogP) is -2.11. The first kappa shape index (κ1) is 26.3. The molecule has 4 atom stereocenters. The summed E-state index contributed by atoms with van der Waals surface area (Å²) in [5.41, 5.74) is 11.0. The Balaban J connectivity index is 4.86. The van der Waals surface area contributed by atoms with Crippen LogP contribution in [0.4, 0.5) is 0 Å². The predicted molar refractivity (Wildman–Crippen MR) is 103 cm³/mol. The average Bonchev–Trinajstić information content (AvgIpc) is 2.64. The summed E-state index contributed by atoms with van der Waals surface area (Å²) < 4.78 is 0. The topological polar surface area (TPSA) is 214 Å². The number of aliphatic carboxylic acids is 2. The van der Waals surface area contributed by atoms with Gasteiger partial charge in [-0.15, -0.1) is 0 Å². The van der Waals surface area contributed by atoms with E-state index >= 15 is 0 Å². The summed E-state index contributed by atoms with van der Waals surface area (Å²) in [6.45, 7) is 3.07. The summed E-state index contributed by atoms with van der Waals surface area (Å²) >= 11 is 0. The number of unbranched alkanes of at least 4 members (excludes halogenated alkanes) is 1. The third-order valence-corrected chi connectivity index (χ3v) is 4.07. The van der Waals surface area contributed by atoms with Gasteiger partial charge in [-0.1, -0.05) is 0 Å². The minimum absolute atomic E-state index is 0.0906. The Morgan fingerprint density at radius 2 is 1.41 bits per heavy atom. The molecule has 0 aliphatic heterocycles. The molecule has 0 radical (unpaired) electrons. The van der Waals surface area contributed by atoms with Crippen molar-refractivity contribution in [2.75, 3.05) is 6.54 Å². The zero-order valence-corrected chi connectivity index (χ0v) is 16.6. The van der Waals surface area contributed by atoms with Gasteiger partial charge < -0.3 is 37.6 Å². The van der Waals surface area contributed by atoms with E-state index in [1.807, 2.05) is 0 Å². The van der Waals surface area contributed by atoms with Crippen LogP contribution in [0.5, 0.6) is 0 Å². The van der Waals surface area contributed by atoms with Gasteiger partial charge >= 0.3 is 11.9 Å². The van der Waals surface area contributed by atoms with Gasteiger partial charge in [0.1, 0.15) is 18.1 Å². The first-order chi connectivity index (χ1) is 13.5. The van der Waals surface area contributed by atoms with E-state index in [-0.39, 0.29) is 19.3 Å². The van der Waals surface area contributed by atoms with Crippen molar-refractivity contribution in [1.82, 2.24) is 16.0 Å². The number of carboxylic acid groups (broad SMARTS) is 2. The van der Waals surface area contributed by atoms with E-state index in [2.05, 4.69) is 16.0 Å². The maximum Gasteiger partial charge on any atom is 0.325 e. The summed E-state index contributed by atoms with van der Waals surface area (Å²) in [4.78, 5) is 58.1. The quantitative estimate of drug-likeness (QED) is 0.154. The van der Waals surface area contributed by atoms with Gasteiger partial charge in [-0.05, 0) is 46.1 Å². The third-order valence-electron chi connectivity index (χ3n) is 4.07. The van der Waals surface area contributed by atoms with Gasteiger partial charge in [-0.25, -0.2) is 0 Å². The highest BCUT2D eigenvalue weighted by Gasteiger charge is 2.27. The van der Waals surface area contributed by atoms with Crippen LogP contribution in [0.3, 0.4) is 0 Å². The number of carbonyl (C=O) groups is 5. The highest BCUT2D eigenvalue weighted by Crippen LogP contribution is 2.03. The second kappa shape index (κ2) is 13.4. The first-order valence-electron chi connectivity index (χ1n) is 9.30. The van der Waals surface area contributed by atoms with Crippen molar-refractivity contribution in [3.05, 3.63) is 0 Å². The van der Waals surface area contributed by atoms with Gasteiger partial charge in [-0.2, -0.15) is 0 Å². The summed E-state index contributed by atoms with van der Waals surface area (Å²) in [5, 5.41) is 24.7. The molecule has 0 saturated heterocycles. The lowest BCUT2D eigenvalue weighted by molar-refractivity contribution is -0.142. The fraction of sp³-hybridized carbons (Fsp3) is 0.706. The highest BCUT2D eigenvalue weighted by atomic mass is 16.4. The molecule has 9 N–H and O–H groups in total. The summed E-state index contributed by atoms with van der Waals surface area (Å²) in [6.07, 6.45) is 0.989. The lowest BCUT2D eigenvalue weighted by atomic mass is 10.1. The Kier molecular flexibility index (Phi) is 12.2. The van der Waals surface area contributed by atoms with Crippen LogP contribution in [0.25, 0.3) is 0 Å². The van der Waals surface area contributed by atoms with Crippen molar-refractivity contribution in [3.63, 3.8) is 0 Å². The Hall–Kier alpha value is -2.73. The molecule has 0 aliphatic carbocycles. The SMILES string of the molecule is CC(NC(=O)C(CCCCN)NC(=O)C(C)NC(=O)C(N)CCC(=O)O)C(=O)O. The maximum absolute atomic E-state index is 12.4. The van der Waals surface area contributed by atoms with Crippen LogP contribution in [0.2, 0.25) is 0 Å². The second-order valence-corrected chi connectivity index (χ2v) is 6.68. The summed E-state index contributed by atoms with van der Waals surface area (Å²) in [6, 6.07) is -4.28. The van der Waals surface area contributed by atoms with Crippen molar-refractivity contribution in [2.24, 2.45) is 11.5 Å². The number of rotatable bonds is 14. The molecule has 4 unspecified atom stereocenters. The lowest BCUT2D eigenvalue weighted by Gasteiger charge is -2.23. The summed E-state index contributed by atoms with van der Waals surface area (Å²) in [5.74, 6) is -4.35. The molecule has 0 bridgehead atoms. The molecule has 0 aliphatic rings. The molecular formula is C17H31N5O7. The Labute approximate surface area is 168 Å². The number of nitrogens with two attached hydrogens (primary N) is 2. The van der Waals surface area contributed by atoms with Gasteiger partial charge in [0.05, 0.1) is 6.04 Å². The zero-order valence-electron chi connectivity index (χ0n) is 16.6. The van der Waals surface area contributed by atoms with E-state index in [1.165, 1.54) is 13.8 Å². The molecule has 0 heterocycles. The van der Waals surface area contributed by atoms with Crippen molar-refractivity contribution in [1.29, 1.82) is 0 Å². The molecule has 0 fully saturated rings. The molecular weight excluding hydrogens is 386 g/mol. The van der Waals surface area contributed by atoms with Crippen molar-refractivity contribution in [2.45, 2.75) is 70.1 Å². The minimum Gasteiger partial charge on any atom is -0.481 e. The van der Waals surface area contributed by atoms with Gasteiger partial charge in [0.2, 0.25) is 17.7 Å². The smallest absolute Gasteiger partial charge is 0.325 e. The molecule has 29 heavy (non-hydrogen) atoms. The molecule has 0 aromatic carbocycles. The van der Waals surface area contributed by atoms with Crippen LogP contribution in [0.15, 0.2) is 0 Å². The average molecular weight is 417 g/mol. The van der Waals surface area contributed by atoms with Crippen LogP contribution in [0, 0.1) is 0 Å². The molecule has 0 saturated carbocycles. The zero-order chi connectivity index (χ0) is 22.6. The van der Waals surface area contributed by atoms with E-state index in [9.17, 15) is 24.0 Å². The Morgan fingerprint density at radius 1 is 0.828 bits per heavy atom. The number of carboxylic acids is 2. The highest BCUT2D eigenvalue weighted by molar-refractivity contribution is 5.93. The van der Waals surface area contributed by atoms with Gasteiger partial charge in [-0.3, -0.25) is 24.0 Å². The van der Waals surface area contributed by atoms with Crippen LogP contribution < -0.4 is 27.4 Å². The number of carbonyl (C=O) groups excluding carboxylic acids is 3. The van der Waals surface area contributed by atoms with E-state index in [1.54, 1.807) is 0 Å². The standard InChI is InChI=1S/C17H31N5O7/c1-9(20-15(26)11(19)6-7-13(23)24)14(25)22-12(5-3-4-8-18)16(27)21-10(2)17(28)29/h9-12H,3-8,18-19H2,1-2H3,(H,20,26)(H,21,27)(H,22,25)(H,23,24)(H,28,29). The molecule has 0 spiro atoms. The van der Waals surface area contributed by atoms with Crippen molar-refractivity contribution >= 4 is 29.7 Å². The van der Waals surface area contributed by atoms with E-state index in [0.717, 1.165) is 0 Å². The van der Waals surface area contributed by atoms with E-state index in [0.29, 0.717) is 19.4 Å². The molecule has 12 heteroatoms. The van der Waals surface area contributed by atoms with Gasteiger partial charge in [0.25, 0.3) is 0 Å². The minimum atomic E-state index is -1.22. The molecule has 12 nitrogen and oxygen atoms in total. The van der Waals surface area contributed by atoms with E-state index in [4.69, 9.17) is 21.7 Å². The number of hydrogen-bond donors (Lipinski definition) is 7. The van der Waals surface area contributed by atoms with Crippen LogP contribution >= 0.6 is 0 Å². The largest absolute Gasteiger partial charge is 0.481 e.